The van der Waals surface area contributed by atoms with Crippen molar-refractivity contribution in [2.75, 3.05) is 26.2 Å². The van der Waals surface area contributed by atoms with Crippen LogP contribution in [0.5, 0.6) is 0 Å². The Hall–Kier alpha value is -1.29. The molecule has 0 fully saturated rings. The lowest BCUT2D eigenvalue weighted by Gasteiger charge is -2.19. The van der Waals surface area contributed by atoms with E-state index in [2.05, 4.69) is 15.6 Å². The molecule has 1 aromatic heterocycles. The van der Waals surface area contributed by atoms with Crippen molar-refractivity contribution in [1.82, 2.24) is 10.6 Å². The fraction of sp³-hybridized carbons (Fsp3) is 0.647. The van der Waals surface area contributed by atoms with Gasteiger partial charge in [0.25, 0.3) is 0 Å². The molecule has 25 heavy (non-hydrogen) atoms. The minimum Gasteiger partial charge on any atom is -0.466 e. The normalized spacial score (nSPS) is 13.6. The maximum atomic E-state index is 11.3. The number of aryl methyl sites for hydroxylation is 1. The third-order valence-electron chi connectivity index (χ3n) is 3.32. The first-order chi connectivity index (χ1) is 11.4. The average Bonchev–Trinajstić information content (AvgIpc) is 2.97. The highest BCUT2D eigenvalue weighted by atomic mass is 127. The van der Waals surface area contributed by atoms with Crippen molar-refractivity contribution in [3.05, 3.63) is 23.7 Å². The van der Waals surface area contributed by atoms with Gasteiger partial charge in [-0.15, -0.1) is 24.0 Å². The van der Waals surface area contributed by atoms with Gasteiger partial charge in [0.1, 0.15) is 17.1 Å². The second-order valence-electron chi connectivity index (χ2n) is 5.71. The zero-order valence-corrected chi connectivity index (χ0v) is 17.8. The van der Waals surface area contributed by atoms with Gasteiger partial charge in [-0.3, -0.25) is 4.79 Å². The zero-order chi connectivity index (χ0) is 18.0. The Kier molecular flexibility index (Phi) is 11.5. The first-order valence-corrected chi connectivity index (χ1v) is 8.36. The lowest BCUT2D eigenvalue weighted by Crippen LogP contribution is -2.39. The molecule has 0 saturated heterocycles. The minimum atomic E-state index is -1.18. The van der Waals surface area contributed by atoms with Gasteiger partial charge in [-0.25, -0.2) is 4.99 Å². The number of carbonyl (C=O) groups is 1. The number of hydrogen-bond acceptors (Lipinski definition) is 5. The van der Waals surface area contributed by atoms with Gasteiger partial charge in [0, 0.05) is 19.5 Å². The maximum absolute atomic E-state index is 11.3. The lowest BCUT2D eigenvalue weighted by molar-refractivity contribution is -0.143. The van der Waals surface area contributed by atoms with E-state index in [1.807, 2.05) is 19.9 Å². The zero-order valence-electron chi connectivity index (χ0n) is 15.4. The van der Waals surface area contributed by atoms with Crippen molar-refractivity contribution in [3.63, 3.8) is 0 Å². The van der Waals surface area contributed by atoms with E-state index in [0.717, 1.165) is 5.76 Å². The molecule has 0 spiro atoms. The van der Waals surface area contributed by atoms with E-state index in [0.29, 0.717) is 44.3 Å². The van der Waals surface area contributed by atoms with Gasteiger partial charge in [0.15, 0.2) is 5.96 Å². The highest BCUT2D eigenvalue weighted by molar-refractivity contribution is 14.0. The van der Waals surface area contributed by atoms with E-state index in [9.17, 15) is 9.90 Å². The molecule has 0 aliphatic heterocycles. The number of ether oxygens (including phenoxy) is 1. The van der Waals surface area contributed by atoms with Gasteiger partial charge < -0.3 is 24.9 Å². The second kappa shape index (κ2) is 12.1. The van der Waals surface area contributed by atoms with Crippen LogP contribution in [0.1, 0.15) is 45.1 Å². The van der Waals surface area contributed by atoms with Gasteiger partial charge in [0.05, 0.1) is 13.2 Å². The van der Waals surface area contributed by atoms with Crippen molar-refractivity contribution in [2.45, 2.75) is 46.1 Å². The molecule has 7 nitrogen and oxygen atoms in total. The third-order valence-corrected chi connectivity index (χ3v) is 3.32. The van der Waals surface area contributed by atoms with Gasteiger partial charge >= 0.3 is 5.97 Å². The monoisotopic (exact) mass is 467 g/mol. The molecule has 0 radical (unpaired) electrons. The van der Waals surface area contributed by atoms with E-state index in [-0.39, 0.29) is 36.5 Å². The van der Waals surface area contributed by atoms with Crippen LogP contribution in [-0.2, 0) is 15.1 Å². The highest BCUT2D eigenvalue weighted by Crippen LogP contribution is 2.22. The topological polar surface area (TPSA) is 96.1 Å². The number of guanidine groups is 1. The largest absolute Gasteiger partial charge is 0.466 e. The smallest absolute Gasteiger partial charge is 0.305 e. The van der Waals surface area contributed by atoms with E-state index >= 15 is 0 Å². The van der Waals surface area contributed by atoms with Crippen molar-refractivity contribution >= 4 is 35.9 Å². The summed E-state index contributed by atoms with van der Waals surface area (Å²) < 4.78 is 10.4. The Morgan fingerprint density at radius 3 is 2.64 bits per heavy atom. The Balaban J connectivity index is 0.00000576. The van der Waals surface area contributed by atoms with E-state index in [4.69, 9.17) is 9.15 Å². The SMILES string of the molecule is CCNC(=NCC(C)(O)c1ccc(C)o1)NCCCC(=O)OCC.I. The molecule has 144 valence electrons. The fourth-order valence-corrected chi connectivity index (χ4v) is 2.05. The van der Waals surface area contributed by atoms with Crippen LogP contribution in [0, 0.1) is 6.92 Å². The average molecular weight is 467 g/mol. The first kappa shape index (κ1) is 23.7. The Bertz CT molecular complexity index is 544. The van der Waals surface area contributed by atoms with Gasteiger partial charge in [-0.1, -0.05) is 0 Å². The third kappa shape index (κ3) is 9.10. The molecule has 0 aliphatic carbocycles. The summed E-state index contributed by atoms with van der Waals surface area (Å²) in [5, 5.41) is 16.7. The summed E-state index contributed by atoms with van der Waals surface area (Å²) in [4.78, 5) is 15.7. The molecule has 1 atom stereocenters. The van der Waals surface area contributed by atoms with E-state index in [1.54, 1.807) is 19.9 Å². The lowest BCUT2D eigenvalue weighted by atomic mass is 10.0. The molecular formula is C17H30IN3O4. The number of esters is 1. The first-order valence-electron chi connectivity index (χ1n) is 8.36. The summed E-state index contributed by atoms with van der Waals surface area (Å²) in [5.41, 5.74) is -1.18. The predicted molar refractivity (Wildman–Crippen MR) is 108 cm³/mol. The molecule has 0 aromatic carbocycles. The van der Waals surface area contributed by atoms with Crippen molar-refractivity contribution in [1.29, 1.82) is 0 Å². The van der Waals surface area contributed by atoms with Crippen LogP contribution in [-0.4, -0.2) is 43.3 Å². The van der Waals surface area contributed by atoms with Crippen LogP contribution in [0.4, 0.5) is 0 Å². The molecule has 1 aromatic rings. The van der Waals surface area contributed by atoms with Crippen LogP contribution in [0.25, 0.3) is 0 Å². The Morgan fingerprint density at radius 1 is 1.36 bits per heavy atom. The molecule has 0 saturated carbocycles. The number of hydrogen-bond donors (Lipinski definition) is 3. The number of rotatable bonds is 9. The van der Waals surface area contributed by atoms with Gasteiger partial charge in [-0.05, 0) is 46.2 Å². The standard InChI is InChI=1S/C17H29N3O4.HI/c1-5-18-16(19-11-7-8-15(21)23-6-2)20-12-17(4,22)14-10-9-13(3)24-14;/h9-10,22H,5-8,11-12H2,1-4H3,(H2,18,19,20);1H. The van der Waals surface area contributed by atoms with Crippen molar-refractivity contribution in [3.8, 4) is 0 Å². The van der Waals surface area contributed by atoms with Crippen LogP contribution < -0.4 is 10.6 Å². The number of carbonyl (C=O) groups excluding carboxylic acids is 1. The molecular weight excluding hydrogens is 437 g/mol. The summed E-state index contributed by atoms with van der Waals surface area (Å²) in [5.74, 6) is 1.63. The van der Waals surface area contributed by atoms with E-state index in [1.165, 1.54) is 0 Å². The summed E-state index contributed by atoms with van der Waals surface area (Å²) in [7, 11) is 0. The summed E-state index contributed by atoms with van der Waals surface area (Å²) in [6, 6.07) is 3.57. The maximum Gasteiger partial charge on any atom is 0.305 e. The van der Waals surface area contributed by atoms with Crippen LogP contribution >= 0.6 is 24.0 Å². The molecule has 0 bridgehead atoms. The molecule has 3 N–H and O–H groups in total. The molecule has 1 unspecified atom stereocenters. The number of aliphatic hydroxyl groups is 1. The Labute approximate surface area is 166 Å². The van der Waals surface area contributed by atoms with Crippen LogP contribution in [0.3, 0.4) is 0 Å². The van der Waals surface area contributed by atoms with Crippen molar-refractivity contribution in [2.24, 2.45) is 4.99 Å². The second-order valence-corrected chi connectivity index (χ2v) is 5.71. The Morgan fingerprint density at radius 2 is 2.08 bits per heavy atom. The van der Waals surface area contributed by atoms with Gasteiger partial charge in [-0.2, -0.15) is 0 Å². The minimum absolute atomic E-state index is 0. The van der Waals surface area contributed by atoms with Gasteiger partial charge in [0.2, 0.25) is 0 Å². The predicted octanol–water partition coefficient (Wildman–Crippen LogP) is 2.31. The number of nitrogens with one attached hydrogen (secondary N) is 2. The van der Waals surface area contributed by atoms with Crippen LogP contribution in [0.2, 0.25) is 0 Å². The van der Waals surface area contributed by atoms with Crippen molar-refractivity contribution < 1.29 is 19.1 Å². The summed E-state index contributed by atoms with van der Waals surface area (Å²) in [6.07, 6.45) is 1.01. The molecule has 8 heteroatoms. The molecule has 0 aliphatic rings. The van der Waals surface area contributed by atoms with E-state index < -0.39 is 5.60 Å². The molecule has 0 amide bonds. The number of aliphatic imine (C=N–C) groups is 1. The molecule has 1 heterocycles. The molecule has 1 rings (SSSR count). The quantitative estimate of drug-likeness (QED) is 0.170. The summed E-state index contributed by atoms with van der Waals surface area (Å²) in [6.45, 7) is 9.10. The number of nitrogens with zero attached hydrogens (tertiary/aromatic N) is 1. The van der Waals surface area contributed by atoms with Crippen LogP contribution in [0.15, 0.2) is 21.5 Å². The number of halogens is 1. The number of furan rings is 1. The highest BCUT2D eigenvalue weighted by Gasteiger charge is 2.26. The fourth-order valence-electron chi connectivity index (χ4n) is 2.05. The summed E-state index contributed by atoms with van der Waals surface area (Å²) >= 11 is 0.